The van der Waals surface area contributed by atoms with Crippen molar-refractivity contribution in [2.45, 2.75) is 31.3 Å². The first-order valence-corrected chi connectivity index (χ1v) is 9.83. The molecule has 28 heavy (non-hydrogen) atoms. The second kappa shape index (κ2) is 6.82. The largest absolute Gasteiger partial charge is 0.445 e. The molecule has 1 amide bonds. The van der Waals surface area contributed by atoms with Gasteiger partial charge in [-0.05, 0) is 42.7 Å². The fourth-order valence-corrected chi connectivity index (χ4v) is 4.58. The third kappa shape index (κ3) is 2.87. The van der Waals surface area contributed by atoms with Crippen molar-refractivity contribution in [3.63, 3.8) is 0 Å². The van der Waals surface area contributed by atoms with E-state index in [0.29, 0.717) is 19.7 Å². The van der Waals surface area contributed by atoms with Crippen LogP contribution in [0.2, 0.25) is 0 Å². The maximum atomic E-state index is 12.5. The van der Waals surface area contributed by atoms with Gasteiger partial charge < -0.3 is 14.2 Å². The van der Waals surface area contributed by atoms with Crippen LogP contribution >= 0.6 is 0 Å². The molecule has 0 radical (unpaired) electrons. The van der Waals surface area contributed by atoms with Gasteiger partial charge in [-0.25, -0.2) is 4.79 Å². The molecule has 2 aliphatic heterocycles. The minimum absolute atomic E-state index is 0.0427. The van der Waals surface area contributed by atoms with Gasteiger partial charge in [0.25, 0.3) is 0 Å². The summed E-state index contributed by atoms with van der Waals surface area (Å²) in [4.78, 5) is 19.0. The number of benzene rings is 1. The first-order valence-electron chi connectivity index (χ1n) is 9.83. The lowest BCUT2D eigenvalue weighted by Gasteiger charge is -2.44. The van der Waals surface area contributed by atoms with Crippen molar-refractivity contribution in [1.29, 1.82) is 0 Å². The number of carbonyl (C=O) groups excluding carboxylic acids is 1. The Balaban J connectivity index is 1.29. The quantitative estimate of drug-likeness (QED) is 0.679. The van der Waals surface area contributed by atoms with Gasteiger partial charge in [0.15, 0.2) is 0 Å². The number of rotatable bonds is 2. The number of aromatic nitrogens is 2. The zero-order valence-electron chi connectivity index (χ0n) is 15.8. The molecule has 1 spiro atoms. The smallest absolute Gasteiger partial charge is 0.410 e. The zero-order valence-corrected chi connectivity index (χ0v) is 15.8. The first-order chi connectivity index (χ1) is 13.8. The van der Waals surface area contributed by atoms with E-state index < -0.39 is 0 Å². The second-order valence-corrected chi connectivity index (χ2v) is 7.72. The molecule has 2 aliphatic rings. The fraction of sp³-hybridized carbons (Fsp3) is 0.304. The lowest BCUT2D eigenvalue weighted by molar-refractivity contribution is 0.0757. The lowest BCUT2D eigenvalue weighted by Crippen LogP contribution is -2.48. The third-order valence-electron chi connectivity index (χ3n) is 6.11. The Hall–Kier alpha value is -3.08. The molecule has 5 heteroatoms. The normalized spacial score (nSPS) is 17.1. The molecule has 2 aromatic heterocycles. The summed E-state index contributed by atoms with van der Waals surface area (Å²) >= 11 is 0. The average molecular weight is 373 g/mol. The van der Waals surface area contributed by atoms with Crippen LogP contribution in [0, 0.1) is 0 Å². The molecule has 3 aromatic rings. The van der Waals surface area contributed by atoms with Crippen LogP contribution in [0.15, 0.2) is 67.0 Å². The molecule has 0 aliphatic carbocycles. The highest BCUT2D eigenvalue weighted by atomic mass is 16.6. The van der Waals surface area contributed by atoms with Crippen molar-refractivity contribution in [1.82, 2.24) is 14.5 Å². The van der Waals surface area contributed by atoms with Gasteiger partial charge in [-0.1, -0.05) is 30.3 Å². The van der Waals surface area contributed by atoms with E-state index in [1.807, 2.05) is 47.5 Å². The van der Waals surface area contributed by atoms with Crippen molar-refractivity contribution in [2.75, 3.05) is 13.1 Å². The molecule has 0 saturated carbocycles. The lowest BCUT2D eigenvalue weighted by atomic mass is 9.70. The monoisotopic (exact) mass is 373 g/mol. The Morgan fingerprint density at radius 1 is 1.04 bits per heavy atom. The molecule has 1 fully saturated rings. The highest BCUT2D eigenvalue weighted by Crippen LogP contribution is 2.43. The van der Waals surface area contributed by atoms with Gasteiger partial charge in [-0.3, -0.25) is 4.98 Å². The van der Waals surface area contributed by atoms with Crippen LogP contribution in [0.3, 0.4) is 0 Å². The number of nitrogens with zero attached hydrogens (tertiary/aromatic N) is 3. The minimum Gasteiger partial charge on any atom is -0.445 e. The van der Waals surface area contributed by atoms with Crippen molar-refractivity contribution in [3.8, 4) is 5.69 Å². The topological polar surface area (TPSA) is 47.4 Å². The fourth-order valence-electron chi connectivity index (χ4n) is 4.58. The number of hydrogen-bond donors (Lipinski definition) is 0. The van der Waals surface area contributed by atoms with E-state index in [1.165, 1.54) is 11.4 Å². The number of fused-ring (bicyclic) bond motifs is 4. The molecule has 5 rings (SSSR count). The van der Waals surface area contributed by atoms with E-state index in [4.69, 9.17) is 4.74 Å². The average Bonchev–Trinajstić information content (AvgIpc) is 3.25. The Kier molecular flexibility index (Phi) is 4.15. The van der Waals surface area contributed by atoms with Gasteiger partial charge in [0.05, 0.1) is 11.4 Å². The summed E-state index contributed by atoms with van der Waals surface area (Å²) in [7, 11) is 0. The molecule has 142 valence electrons. The Labute approximate surface area is 164 Å². The molecule has 0 bridgehead atoms. The number of pyridine rings is 1. The first kappa shape index (κ1) is 17.0. The molecule has 0 atom stereocenters. The second-order valence-electron chi connectivity index (χ2n) is 7.72. The molecular formula is C23H23N3O2. The van der Waals surface area contributed by atoms with Crippen LogP contribution in [0.1, 0.15) is 29.8 Å². The van der Waals surface area contributed by atoms with Crippen molar-refractivity contribution < 1.29 is 9.53 Å². The number of carbonyl (C=O) groups is 1. The Morgan fingerprint density at radius 2 is 1.86 bits per heavy atom. The molecular weight excluding hydrogens is 350 g/mol. The van der Waals surface area contributed by atoms with Gasteiger partial charge in [0.2, 0.25) is 0 Å². The standard InChI is InChI=1S/C23H23N3O2/c27-22(28-17-18-6-2-1-3-7-18)25-14-10-23(11-15-25)16-19-20(8-4-12-24-19)26-13-5-9-21(23)26/h1-9,12-13H,10-11,14-17H2. The predicted molar refractivity (Wildman–Crippen MR) is 106 cm³/mol. The highest BCUT2D eigenvalue weighted by Gasteiger charge is 2.43. The van der Waals surface area contributed by atoms with Crippen molar-refractivity contribution in [2.24, 2.45) is 0 Å². The summed E-state index contributed by atoms with van der Waals surface area (Å²) in [5, 5.41) is 0. The molecule has 4 heterocycles. The number of piperidine rings is 1. The number of ether oxygens (including phenoxy) is 1. The van der Waals surface area contributed by atoms with Crippen LogP contribution in [-0.4, -0.2) is 33.6 Å². The van der Waals surface area contributed by atoms with Crippen molar-refractivity contribution >= 4 is 6.09 Å². The van der Waals surface area contributed by atoms with Crippen molar-refractivity contribution in [3.05, 3.63) is 83.9 Å². The van der Waals surface area contributed by atoms with E-state index >= 15 is 0 Å². The summed E-state index contributed by atoms with van der Waals surface area (Å²) in [6, 6.07) is 18.3. The maximum Gasteiger partial charge on any atom is 0.410 e. The third-order valence-corrected chi connectivity index (χ3v) is 6.11. The van der Waals surface area contributed by atoms with Crippen LogP contribution in [0.4, 0.5) is 4.79 Å². The SMILES string of the molecule is O=C(OCc1ccccc1)N1CCC2(CC1)Cc1ncccc1-n1cccc12. The Morgan fingerprint density at radius 3 is 2.68 bits per heavy atom. The molecule has 1 saturated heterocycles. The van der Waals surface area contributed by atoms with E-state index in [1.54, 1.807) is 0 Å². The number of amides is 1. The Bertz CT molecular complexity index is 988. The van der Waals surface area contributed by atoms with Gasteiger partial charge in [0, 0.05) is 43.0 Å². The summed E-state index contributed by atoms with van der Waals surface area (Å²) in [5.74, 6) is 0. The molecule has 0 unspecified atom stereocenters. The van der Waals surface area contributed by atoms with E-state index in [0.717, 1.165) is 30.5 Å². The summed E-state index contributed by atoms with van der Waals surface area (Å²) in [6.07, 6.45) is 6.55. The summed E-state index contributed by atoms with van der Waals surface area (Å²) in [6.45, 7) is 1.74. The van der Waals surface area contributed by atoms with E-state index in [2.05, 4.69) is 33.9 Å². The summed E-state index contributed by atoms with van der Waals surface area (Å²) < 4.78 is 7.80. The van der Waals surface area contributed by atoms with Crippen LogP contribution in [0.25, 0.3) is 5.69 Å². The van der Waals surface area contributed by atoms with E-state index in [-0.39, 0.29) is 11.5 Å². The molecule has 1 aromatic carbocycles. The molecule has 0 N–H and O–H groups in total. The number of likely N-dealkylation sites (tertiary alicyclic amines) is 1. The van der Waals surface area contributed by atoms with Gasteiger partial charge in [-0.2, -0.15) is 0 Å². The van der Waals surface area contributed by atoms with Gasteiger partial charge >= 0.3 is 6.09 Å². The number of hydrogen-bond acceptors (Lipinski definition) is 3. The van der Waals surface area contributed by atoms with Crippen LogP contribution < -0.4 is 0 Å². The minimum atomic E-state index is -0.219. The molecule has 5 nitrogen and oxygen atoms in total. The van der Waals surface area contributed by atoms with Crippen LogP contribution in [-0.2, 0) is 23.2 Å². The summed E-state index contributed by atoms with van der Waals surface area (Å²) in [5.41, 5.74) is 4.72. The highest BCUT2D eigenvalue weighted by molar-refractivity contribution is 5.68. The van der Waals surface area contributed by atoms with Gasteiger partial charge in [0.1, 0.15) is 6.61 Å². The predicted octanol–water partition coefficient (Wildman–Crippen LogP) is 4.10. The van der Waals surface area contributed by atoms with Gasteiger partial charge in [-0.15, -0.1) is 0 Å². The van der Waals surface area contributed by atoms with E-state index in [9.17, 15) is 4.79 Å². The maximum absolute atomic E-state index is 12.5. The van der Waals surface area contributed by atoms with Crippen LogP contribution in [0.5, 0.6) is 0 Å². The zero-order chi connectivity index (χ0) is 19.0.